The molecule has 1 saturated heterocycles. The Morgan fingerprint density at radius 2 is 2.15 bits per heavy atom. The van der Waals surface area contributed by atoms with Crippen molar-refractivity contribution >= 4 is 50.5 Å². The molecule has 2 aromatic heterocycles. The topological polar surface area (TPSA) is 64.9 Å². The van der Waals surface area contributed by atoms with Crippen molar-refractivity contribution in [3.63, 3.8) is 0 Å². The van der Waals surface area contributed by atoms with Gasteiger partial charge in [0.15, 0.2) is 0 Å². The zero-order valence-electron chi connectivity index (χ0n) is 13.6. The quantitative estimate of drug-likeness (QED) is 0.531. The molecule has 0 unspecified atom stereocenters. The van der Waals surface area contributed by atoms with E-state index in [0.717, 1.165) is 43.4 Å². The molecule has 1 fully saturated rings. The third-order valence-corrected chi connectivity index (χ3v) is 6.65. The minimum atomic E-state index is 0.677. The molecular formula is C18H14ClIN4OS. The van der Waals surface area contributed by atoms with Crippen LogP contribution in [0, 0.1) is 14.9 Å². The summed E-state index contributed by atoms with van der Waals surface area (Å²) in [4.78, 5) is 10.6. The first-order chi connectivity index (χ1) is 12.7. The van der Waals surface area contributed by atoms with E-state index in [1.807, 2.05) is 18.2 Å². The smallest absolute Gasteiger partial charge is 0.110 e. The first kappa shape index (κ1) is 17.8. The summed E-state index contributed by atoms with van der Waals surface area (Å²) in [5.41, 5.74) is 3.55. The second kappa shape index (κ2) is 7.56. The number of thiophene rings is 1. The van der Waals surface area contributed by atoms with E-state index in [-0.39, 0.29) is 0 Å². The number of nitrogens with one attached hydrogen (secondary N) is 1. The number of nitriles is 1. The molecule has 0 amide bonds. The van der Waals surface area contributed by atoms with Crippen LogP contribution in [0.3, 0.4) is 0 Å². The van der Waals surface area contributed by atoms with Crippen LogP contribution in [0.1, 0.15) is 5.56 Å². The highest BCUT2D eigenvalue weighted by atomic mass is 127. The average Bonchev–Trinajstić information content (AvgIpc) is 3.30. The number of hydrogen-bond donors (Lipinski definition) is 1. The number of nitrogens with zero attached hydrogens (tertiary/aromatic N) is 3. The number of rotatable bonds is 3. The van der Waals surface area contributed by atoms with Crippen LogP contribution in [0.4, 0.5) is 5.00 Å². The van der Waals surface area contributed by atoms with Crippen molar-refractivity contribution in [1.82, 2.24) is 9.97 Å². The fourth-order valence-corrected chi connectivity index (χ4v) is 5.46. The second-order valence-electron chi connectivity index (χ2n) is 5.79. The Balaban J connectivity index is 1.95. The van der Waals surface area contributed by atoms with Gasteiger partial charge in [-0.3, -0.25) is 0 Å². The SMILES string of the molecule is N#Cc1c(N2CCOCC2)sc(-c2cnc[nH]2)c1-c1ccc(Cl)cc1I. The van der Waals surface area contributed by atoms with Crippen LogP contribution in [0.25, 0.3) is 21.7 Å². The Morgan fingerprint density at radius 3 is 2.81 bits per heavy atom. The van der Waals surface area contributed by atoms with Crippen molar-refractivity contribution in [2.75, 3.05) is 31.2 Å². The van der Waals surface area contributed by atoms with Gasteiger partial charge in [0.1, 0.15) is 11.1 Å². The van der Waals surface area contributed by atoms with E-state index in [0.29, 0.717) is 23.8 Å². The number of H-pyrrole nitrogens is 1. The van der Waals surface area contributed by atoms with E-state index in [1.54, 1.807) is 23.9 Å². The van der Waals surface area contributed by atoms with Crippen molar-refractivity contribution in [3.05, 3.63) is 44.9 Å². The lowest BCUT2D eigenvalue weighted by Gasteiger charge is -2.27. The van der Waals surface area contributed by atoms with Crippen molar-refractivity contribution < 1.29 is 4.74 Å². The molecule has 1 aliphatic heterocycles. The lowest BCUT2D eigenvalue weighted by atomic mass is 10.0. The zero-order valence-corrected chi connectivity index (χ0v) is 17.4. The van der Waals surface area contributed by atoms with E-state index in [9.17, 15) is 5.26 Å². The van der Waals surface area contributed by atoms with Gasteiger partial charge in [-0.25, -0.2) is 4.98 Å². The number of hydrogen-bond acceptors (Lipinski definition) is 5. The largest absolute Gasteiger partial charge is 0.378 e. The van der Waals surface area contributed by atoms with Crippen LogP contribution in [-0.4, -0.2) is 36.3 Å². The Hall–Kier alpha value is -1.60. The molecular weight excluding hydrogens is 483 g/mol. The fourth-order valence-electron chi connectivity index (χ4n) is 3.03. The van der Waals surface area contributed by atoms with Crippen molar-refractivity contribution in [2.24, 2.45) is 0 Å². The predicted octanol–water partition coefficient (Wildman–Crippen LogP) is 4.77. The molecule has 1 N–H and O–H groups in total. The number of aromatic nitrogens is 2. The Kier molecular flexibility index (Phi) is 5.18. The molecule has 0 aliphatic carbocycles. The molecule has 5 nitrogen and oxygen atoms in total. The number of benzene rings is 1. The molecule has 0 atom stereocenters. The molecule has 1 aliphatic rings. The molecule has 132 valence electrons. The van der Waals surface area contributed by atoms with Gasteiger partial charge in [0.05, 0.1) is 41.9 Å². The highest BCUT2D eigenvalue weighted by Gasteiger charge is 2.26. The summed E-state index contributed by atoms with van der Waals surface area (Å²) in [6, 6.07) is 8.21. The van der Waals surface area contributed by atoms with Gasteiger partial charge >= 0.3 is 0 Å². The van der Waals surface area contributed by atoms with E-state index in [1.165, 1.54) is 0 Å². The number of imidazole rings is 1. The minimum absolute atomic E-state index is 0.677. The summed E-state index contributed by atoms with van der Waals surface area (Å²) >= 11 is 10.0. The maximum Gasteiger partial charge on any atom is 0.110 e. The summed E-state index contributed by atoms with van der Waals surface area (Å²) in [6.07, 6.45) is 3.45. The first-order valence-electron chi connectivity index (χ1n) is 8.03. The second-order valence-corrected chi connectivity index (χ2v) is 8.38. The van der Waals surface area contributed by atoms with Crippen molar-refractivity contribution in [1.29, 1.82) is 5.26 Å². The summed E-state index contributed by atoms with van der Waals surface area (Å²) < 4.78 is 6.48. The Labute approximate surface area is 173 Å². The minimum Gasteiger partial charge on any atom is -0.378 e. The van der Waals surface area contributed by atoms with Crippen LogP contribution in [0.5, 0.6) is 0 Å². The van der Waals surface area contributed by atoms with Crippen LogP contribution in [0.2, 0.25) is 5.02 Å². The van der Waals surface area contributed by atoms with Crippen LogP contribution < -0.4 is 4.90 Å². The van der Waals surface area contributed by atoms with Crippen LogP contribution >= 0.6 is 45.5 Å². The van der Waals surface area contributed by atoms with E-state index in [4.69, 9.17) is 16.3 Å². The molecule has 3 aromatic rings. The summed E-state index contributed by atoms with van der Waals surface area (Å²) in [6.45, 7) is 2.93. The summed E-state index contributed by atoms with van der Waals surface area (Å²) in [5, 5.41) is 11.7. The van der Waals surface area contributed by atoms with Crippen LogP contribution in [-0.2, 0) is 4.74 Å². The normalized spacial score (nSPS) is 14.4. The fraction of sp³-hybridized carbons (Fsp3) is 0.222. The molecule has 0 spiro atoms. The number of halogens is 2. The van der Waals surface area contributed by atoms with E-state index < -0.39 is 0 Å². The van der Waals surface area contributed by atoms with E-state index in [2.05, 4.69) is 43.5 Å². The summed E-state index contributed by atoms with van der Waals surface area (Å²) in [7, 11) is 0. The third kappa shape index (κ3) is 3.22. The van der Waals surface area contributed by atoms with Gasteiger partial charge in [-0.2, -0.15) is 5.26 Å². The maximum absolute atomic E-state index is 9.99. The molecule has 0 bridgehead atoms. The lowest BCUT2D eigenvalue weighted by Crippen LogP contribution is -2.36. The van der Waals surface area contributed by atoms with Gasteiger partial charge in [0.25, 0.3) is 0 Å². The lowest BCUT2D eigenvalue weighted by molar-refractivity contribution is 0.123. The molecule has 0 saturated carbocycles. The molecule has 8 heteroatoms. The van der Waals surface area contributed by atoms with Gasteiger partial charge in [0, 0.05) is 27.2 Å². The summed E-state index contributed by atoms with van der Waals surface area (Å²) in [5.74, 6) is 0. The molecule has 0 radical (unpaired) electrons. The van der Waals surface area contributed by atoms with Gasteiger partial charge in [0.2, 0.25) is 0 Å². The number of morpholine rings is 1. The average molecular weight is 497 g/mol. The van der Waals surface area contributed by atoms with Gasteiger partial charge in [-0.05, 0) is 40.3 Å². The van der Waals surface area contributed by atoms with E-state index >= 15 is 0 Å². The monoisotopic (exact) mass is 496 g/mol. The number of aromatic amines is 1. The zero-order chi connectivity index (χ0) is 18.1. The Morgan fingerprint density at radius 1 is 1.35 bits per heavy atom. The number of ether oxygens (including phenoxy) is 1. The standard InChI is InChI=1S/C18H14ClIN4OS/c19-11-1-2-12(14(20)7-11)16-13(8-21)18(24-3-5-25-6-4-24)26-17(16)15-9-22-10-23-15/h1-2,7,9-10H,3-6H2,(H,22,23). The molecule has 3 heterocycles. The molecule has 1 aromatic carbocycles. The van der Waals surface area contributed by atoms with Crippen molar-refractivity contribution in [3.8, 4) is 27.8 Å². The van der Waals surface area contributed by atoms with Gasteiger partial charge in [-0.15, -0.1) is 11.3 Å². The van der Waals surface area contributed by atoms with Gasteiger partial charge in [-0.1, -0.05) is 17.7 Å². The molecule has 26 heavy (non-hydrogen) atoms. The highest BCUT2D eigenvalue weighted by Crippen LogP contribution is 2.48. The first-order valence-corrected chi connectivity index (χ1v) is 10.3. The number of anilines is 1. The van der Waals surface area contributed by atoms with Gasteiger partial charge < -0.3 is 14.6 Å². The Bertz CT molecular complexity index is 974. The predicted molar refractivity (Wildman–Crippen MR) is 113 cm³/mol. The highest BCUT2D eigenvalue weighted by molar-refractivity contribution is 14.1. The van der Waals surface area contributed by atoms with Crippen molar-refractivity contribution in [2.45, 2.75) is 0 Å². The third-order valence-electron chi connectivity index (χ3n) is 4.24. The maximum atomic E-state index is 9.99. The molecule has 4 rings (SSSR count). The van der Waals surface area contributed by atoms with Crippen LogP contribution in [0.15, 0.2) is 30.7 Å².